The molecule has 25 heavy (non-hydrogen) atoms. The normalized spacial score (nSPS) is 11.6. The second kappa shape index (κ2) is 5.38. The van der Waals surface area contributed by atoms with E-state index in [1.165, 1.54) is 0 Å². The summed E-state index contributed by atoms with van der Waals surface area (Å²) >= 11 is 0. The Balaban J connectivity index is 1.83. The summed E-state index contributed by atoms with van der Waals surface area (Å²) in [5.74, 6) is 0.901. The molecule has 0 saturated heterocycles. The average Bonchev–Trinajstić information content (AvgIpc) is 3.06. The second-order valence-electron chi connectivity index (χ2n) is 6.08. The fourth-order valence-electron chi connectivity index (χ4n) is 3.44. The van der Waals surface area contributed by atoms with Gasteiger partial charge >= 0.3 is 0 Å². The lowest BCUT2D eigenvalue weighted by molar-refractivity contribution is 0.794. The van der Waals surface area contributed by atoms with E-state index < -0.39 is 0 Å². The van der Waals surface area contributed by atoms with Gasteiger partial charge in [-0.05, 0) is 31.2 Å². The zero-order valence-electron chi connectivity index (χ0n) is 13.8. The van der Waals surface area contributed by atoms with Crippen molar-refractivity contribution in [2.45, 2.75) is 13.5 Å². The number of aryl methyl sites for hydroxylation is 1. The summed E-state index contributed by atoms with van der Waals surface area (Å²) in [5, 5.41) is 2.19. The molecule has 0 spiro atoms. The molecule has 5 aromatic rings. The van der Waals surface area contributed by atoms with Crippen molar-refractivity contribution in [3.63, 3.8) is 0 Å². The number of benzene rings is 2. The molecule has 120 valence electrons. The topological polar surface area (TPSA) is 43.6 Å². The Morgan fingerprint density at radius 1 is 0.800 bits per heavy atom. The van der Waals surface area contributed by atoms with Gasteiger partial charge in [0.15, 0.2) is 5.82 Å². The number of para-hydroxylation sites is 2. The van der Waals surface area contributed by atoms with Crippen LogP contribution in [0, 0.1) is 0 Å². The predicted octanol–water partition coefficient (Wildman–Crippen LogP) is 4.82. The lowest BCUT2D eigenvalue weighted by Crippen LogP contribution is -1.99. The van der Waals surface area contributed by atoms with Crippen molar-refractivity contribution in [3.8, 4) is 11.5 Å². The molecule has 0 aliphatic heterocycles. The van der Waals surface area contributed by atoms with Gasteiger partial charge in [0.25, 0.3) is 0 Å². The van der Waals surface area contributed by atoms with Gasteiger partial charge in [-0.2, -0.15) is 0 Å². The third-order valence-corrected chi connectivity index (χ3v) is 4.63. The second-order valence-corrected chi connectivity index (χ2v) is 6.08. The monoisotopic (exact) mass is 324 g/mol. The molecule has 0 atom stereocenters. The predicted molar refractivity (Wildman–Crippen MR) is 101 cm³/mol. The van der Waals surface area contributed by atoms with Crippen LogP contribution in [0.15, 0.2) is 66.9 Å². The first-order valence-electron chi connectivity index (χ1n) is 8.45. The van der Waals surface area contributed by atoms with Gasteiger partial charge in [-0.1, -0.05) is 36.4 Å². The smallest absolute Gasteiger partial charge is 0.159 e. The number of imidazole rings is 1. The van der Waals surface area contributed by atoms with Crippen molar-refractivity contribution >= 4 is 32.8 Å². The molecule has 0 fully saturated rings. The van der Waals surface area contributed by atoms with E-state index in [1.54, 1.807) is 0 Å². The summed E-state index contributed by atoms with van der Waals surface area (Å²) in [5.41, 5.74) is 4.87. The molecular formula is C21H16N4. The van der Waals surface area contributed by atoms with Gasteiger partial charge in [-0.3, -0.25) is 4.98 Å². The van der Waals surface area contributed by atoms with Crippen LogP contribution in [-0.2, 0) is 6.54 Å². The third-order valence-electron chi connectivity index (χ3n) is 4.63. The molecule has 3 heterocycles. The molecule has 0 unspecified atom stereocenters. The molecule has 5 rings (SSSR count). The Hall–Kier alpha value is -3.27. The van der Waals surface area contributed by atoms with Crippen molar-refractivity contribution in [3.05, 3.63) is 66.9 Å². The molecule has 2 aromatic carbocycles. The molecule has 0 bridgehead atoms. The molecule has 0 amide bonds. The van der Waals surface area contributed by atoms with Crippen LogP contribution in [0.2, 0.25) is 0 Å². The number of hydrogen-bond donors (Lipinski definition) is 0. The van der Waals surface area contributed by atoms with Gasteiger partial charge in [-0.25, -0.2) is 9.97 Å². The van der Waals surface area contributed by atoms with Crippen LogP contribution < -0.4 is 0 Å². The number of aromatic nitrogens is 4. The highest BCUT2D eigenvalue weighted by molar-refractivity contribution is 6.03. The summed E-state index contributed by atoms with van der Waals surface area (Å²) in [6.45, 7) is 2.99. The van der Waals surface area contributed by atoms with Gasteiger partial charge in [0.1, 0.15) is 5.69 Å². The summed E-state index contributed by atoms with van der Waals surface area (Å²) in [6, 6.07) is 20.6. The number of nitrogens with zero attached hydrogens (tertiary/aromatic N) is 4. The van der Waals surface area contributed by atoms with E-state index in [1.807, 2.05) is 36.5 Å². The fraction of sp³-hybridized carbons (Fsp3) is 0.0952. The highest BCUT2D eigenvalue weighted by Crippen LogP contribution is 2.27. The molecule has 0 aliphatic rings. The number of pyridine rings is 2. The molecule has 0 aliphatic carbocycles. The van der Waals surface area contributed by atoms with Crippen LogP contribution in [-0.4, -0.2) is 19.5 Å². The third kappa shape index (κ3) is 2.11. The number of hydrogen-bond acceptors (Lipinski definition) is 3. The van der Waals surface area contributed by atoms with Gasteiger partial charge in [0, 0.05) is 23.5 Å². The summed E-state index contributed by atoms with van der Waals surface area (Å²) < 4.78 is 2.21. The Labute approximate surface area is 144 Å². The first-order chi connectivity index (χ1) is 12.3. The largest absolute Gasteiger partial charge is 0.323 e. The zero-order valence-corrected chi connectivity index (χ0v) is 13.8. The van der Waals surface area contributed by atoms with Crippen LogP contribution >= 0.6 is 0 Å². The first-order valence-corrected chi connectivity index (χ1v) is 8.45. The number of fused-ring (bicyclic) bond motifs is 4. The summed E-state index contributed by atoms with van der Waals surface area (Å²) in [6.07, 6.45) is 1.82. The van der Waals surface area contributed by atoms with Gasteiger partial charge < -0.3 is 4.57 Å². The minimum absolute atomic E-state index is 0.851. The van der Waals surface area contributed by atoms with Gasteiger partial charge in [0.05, 0.1) is 22.1 Å². The van der Waals surface area contributed by atoms with E-state index in [-0.39, 0.29) is 0 Å². The number of rotatable bonds is 2. The summed E-state index contributed by atoms with van der Waals surface area (Å²) in [7, 11) is 0. The van der Waals surface area contributed by atoms with E-state index >= 15 is 0 Å². The van der Waals surface area contributed by atoms with E-state index in [0.717, 1.165) is 50.9 Å². The maximum Gasteiger partial charge on any atom is 0.159 e. The minimum atomic E-state index is 0.851. The molecular weight excluding hydrogens is 308 g/mol. The van der Waals surface area contributed by atoms with Gasteiger partial charge in [0.2, 0.25) is 0 Å². The van der Waals surface area contributed by atoms with Crippen molar-refractivity contribution in [1.29, 1.82) is 0 Å². The highest BCUT2D eigenvalue weighted by atomic mass is 15.1. The molecule has 4 nitrogen and oxygen atoms in total. The van der Waals surface area contributed by atoms with E-state index in [4.69, 9.17) is 9.97 Å². The lowest BCUT2D eigenvalue weighted by atomic mass is 10.1. The first kappa shape index (κ1) is 14.1. The Kier molecular flexibility index (Phi) is 3.04. The van der Waals surface area contributed by atoms with Crippen LogP contribution in [0.1, 0.15) is 6.92 Å². The van der Waals surface area contributed by atoms with Crippen LogP contribution in [0.5, 0.6) is 0 Å². The van der Waals surface area contributed by atoms with Crippen molar-refractivity contribution in [2.75, 3.05) is 0 Å². The van der Waals surface area contributed by atoms with Crippen molar-refractivity contribution in [2.24, 2.45) is 0 Å². The standard InChI is InChI=1S/C21H16N4/c1-2-25-18-8-4-3-7-16(18)24-21(25)17-12-11-15-10-9-14-6-5-13-22-19(14)20(15)23-17/h3-13H,2H2,1H3. The van der Waals surface area contributed by atoms with Crippen molar-refractivity contribution in [1.82, 2.24) is 19.5 Å². The van der Waals surface area contributed by atoms with Crippen LogP contribution in [0.3, 0.4) is 0 Å². The van der Waals surface area contributed by atoms with Crippen LogP contribution in [0.4, 0.5) is 0 Å². The van der Waals surface area contributed by atoms with E-state index in [0.29, 0.717) is 0 Å². The average molecular weight is 324 g/mol. The van der Waals surface area contributed by atoms with E-state index in [9.17, 15) is 0 Å². The molecule has 0 N–H and O–H groups in total. The Morgan fingerprint density at radius 3 is 2.48 bits per heavy atom. The minimum Gasteiger partial charge on any atom is -0.323 e. The molecule has 0 saturated carbocycles. The molecule has 0 radical (unpaired) electrons. The highest BCUT2D eigenvalue weighted by Gasteiger charge is 2.13. The quantitative estimate of drug-likeness (QED) is 0.437. The maximum atomic E-state index is 4.93. The van der Waals surface area contributed by atoms with Crippen LogP contribution in [0.25, 0.3) is 44.4 Å². The SMILES string of the molecule is CCn1c(-c2ccc3ccc4cccnc4c3n2)nc2ccccc21. The van der Waals surface area contributed by atoms with Gasteiger partial charge in [-0.15, -0.1) is 0 Å². The summed E-state index contributed by atoms with van der Waals surface area (Å²) in [4.78, 5) is 14.3. The Morgan fingerprint density at radius 2 is 1.60 bits per heavy atom. The fourth-order valence-corrected chi connectivity index (χ4v) is 3.44. The molecule has 4 heteroatoms. The maximum absolute atomic E-state index is 4.93. The zero-order chi connectivity index (χ0) is 16.8. The molecule has 3 aromatic heterocycles. The van der Waals surface area contributed by atoms with E-state index in [2.05, 4.69) is 46.8 Å². The lowest BCUT2D eigenvalue weighted by Gasteiger charge is -2.07. The van der Waals surface area contributed by atoms with Crippen molar-refractivity contribution < 1.29 is 0 Å². The Bertz CT molecular complexity index is 1240.